The highest BCUT2D eigenvalue weighted by Crippen LogP contribution is 2.23. The fraction of sp³-hybridized carbons (Fsp3) is 0.381. The lowest BCUT2D eigenvalue weighted by Crippen LogP contribution is -2.39. The lowest BCUT2D eigenvalue weighted by atomic mass is 10.1. The van der Waals surface area contributed by atoms with Crippen LogP contribution in [0.15, 0.2) is 47.4 Å². The number of anilines is 2. The number of halogens is 2. The van der Waals surface area contributed by atoms with E-state index in [0.717, 1.165) is 49.8 Å². The van der Waals surface area contributed by atoms with Crippen LogP contribution in [0, 0.1) is 5.82 Å². The van der Waals surface area contributed by atoms with Crippen molar-refractivity contribution < 1.29 is 22.3 Å². The van der Waals surface area contributed by atoms with Gasteiger partial charge in [-0.25, -0.2) is 17.5 Å². The molecule has 0 spiro atoms. The minimum absolute atomic E-state index is 0.0580. The normalized spacial score (nSPS) is 16.9. The van der Waals surface area contributed by atoms with Crippen LogP contribution in [0.5, 0.6) is 0 Å². The van der Waals surface area contributed by atoms with E-state index < -0.39 is 15.8 Å². The summed E-state index contributed by atoms with van der Waals surface area (Å²) in [5, 5.41) is 2.46. The van der Waals surface area contributed by atoms with Crippen LogP contribution < -0.4 is 14.9 Å². The summed E-state index contributed by atoms with van der Waals surface area (Å²) in [6.07, 6.45) is 2.29. The van der Waals surface area contributed by atoms with Gasteiger partial charge < -0.3 is 15.0 Å². The number of methoxy groups -OCH3 is 1. The van der Waals surface area contributed by atoms with E-state index in [0.29, 0.717) is 5.69 Å². The standard InChI is InChI=1S/C21H25ClFN3O4S/c1-30-17-3-2-12-26(14-17)16-6-4-15(5-7-16)25-21(27)10-11-24-31(28,29)18-8-9-20(23)19(22)13-18/h4-9,13,17,24H,2-3,10-12,14H2,1H3,(H,25,27). The zero-order chi connectivity index (χ0) is 22.4. The van der Waals surface area contributed by atoms with Crippen molar-refractivity contribution in [3.8, 4) is 0 Å². The molecule has 1 aliphatic rings. The third-order valence-electron chi connectivity index (χ3n) is 5.07. The lowest BCUT2D eigenvalue weighted by Gasteiger charge is -2.33. The predicted molar refractivity (Wildman–Crippen MR) is 119 cm³/mol. The molecule has 1 saturated heterocycles. The summed E-state index contributed by atoms with van der Waals surface area (Å²) in [5.74, 6) is -1.03. The van der Waals surface area contributed by atoms with Crippen molar-refractivity contribution in [3.63, 3.8) is 0 Å². The number of ether oxygens (including phenoxy) is 1. The van der Waals surface area contributed by atoms with Gasteiger partial charge in [-0.15, -0.1) is 0 Å². The Labute approximate surface area is 186 Å². The Morgan fingerprint density at radius 1 is 1.26 bits per heavy atom. The van der Waals surface area contributed by atoms with E-state index in [1.807, 2.05) is 24.3 Å². The average molecular weight is 470 g/mol. The highest BCUT2D eigenvalue weighted by atomic mass is 35.5. The molecule has 31 heavy (non-hydrogen) atoms. The molecule has 0 saturated carbocycles. The minimum Gasteiger partial charge on any atom is -0.380 e. The van der Waals surface area contributed by atoms with E-state index in [1.165, 1.54) is 0 Å². The summed E-state index contributed by atoms with van der Waals surface area (Å²) >= 11 is 5.63. The topological polar surface area (TPSA) is 87.7 Å². The number of piperidine rings is 1. The van der Waals surface area contributed by atoms with Crippen molar-refractivity contribution >= 4 is 38.9 Å². The van der Waals surface area contributed by atoms with Gasteiger partial charge >= 0.3 is 0 Å². The molecular formula is C21H25ClFN3O4S. The van der Waals surface area contributed by atoms with E-state index in [4.69, 9.17) is 16.3 Å². The zero-order valence-corrected chi connectivity index (χ0v) is 18.7. The average Bonchev–Trinajstić information content (AvgIpc) is 2.76. The molecule has 1 heterocycles. The summed E-state index contributed by atoms with van der Waals surface area (Å²) in [6, 6.07) is 10.6. The van der Waals surface area contributed by atoms with Gasteiger partial charge in [0.25, 0.3) is 0 Å². The predicted octanol–water partition coefficient (Wildman–Crippen LogP) is 3.40. The fourth-order valence-corrected chi connectivity index (χ4v) is 4.67. The SMILES string of the molecule is COC1CCCN(c2ccc(NC(=O)CCNS(=O)(=O)c3ccc(F)c(Cl)c3)cc2)C1. The Bertz CT molecular complexity index is 1020. The lowest BCUT2D eigenvalue weighted by molar-refractivity contribution is -0.116. The number of sulfonamides is 1. The molecule has 0 bridgehead atoms. The van der Waals surface area contributed by atoms with Gasteiger partial charge in [-0.1, -0.05) is 11.6 Å². The van der Waals surface area contributed by atoms with Crippen molar-refractivity contribution in [2.24, 2.45) is 0 Å². The Morgan fingerprint density at radius 2 is 2.00 bits per heavy atom. The van der Waals surface area contributed by atoms with Gasteiger partial charge in [0, 0.05) is 44.5 Å². The second kappa shape index (κ2) is 10.4. The number of amides is 1. The Balaban J connectivity index is 1.49. The molecule has 0 aliphatic carbocycles. The fourth-order valence-electron chi connectivity index (χ4n) is 3.37. The van der Waals surface area contributed by atoms with E-state index in [9.17, 15) is 17.6 Å². The first-order valence-corrected chi connectivity index (χ1v) is 11.8. The van der Waals surface area contributed by atoms with Gasteiger partial charge in [0.2, 0.25) is 15.9 Å². The summed E-state index contributed by atoms with van der Waals surface area (Å²) in [4.78, 5) is 14.2. The van der Waals surface area contributed by atoms with E-state index in [-0.39, 0.29) is 34.9 Å². The smallest absolute Gasteiger partial charge is 0.240 e. The van der Waals surface area contributed by atoms with Gasteiger partial charge in [0.05, 0.1) is 16.0 Å². The first-order valence-electron chi connectivity index (χ1n) is 9.91. The molecule has 1 amide bonds. The van der Waals surface area contributed by atoms with Crippen LogP contribution in [-0.4, -0.2) is 47.2 Å². The number of benzene rings is 2. The molecule has 168 valence electrons. The van der Waals surface area contributed by atoms with Crippen LogP contribution in [0.3, 0.4) is 0 Å². The molecule has 3 rings (SSSR count). The summed E-state index contributed by atoms with van der Waals surface area (Å²) in [5.41, 5.74) is 1.69. The van der Waals surface area contributed by atoms with Gasteiger partial charge in [-0.05, 0) is 55.3 Å². The van der Waals surface area contributed by atoms with E-state index in [1.54, 1.807) is 7.11 Å². The molecule has 2 aromatic carbocycles. The largest absolute Gasteiger partial charge is 0.380 e. The molecule has 1 atom stereocenters. The minimum atomic E-state index is -3.89. The van der Waals surface area contributed by atoms with Gasteiger partial charge in [0.15, 0.2) is 0 Å². The van der Waals surface area contributed by atoms with Crippen LogP contribution in [0.2, 0.25) is 5.02 Å². The van der Waals surface area contributed by atoms with Crippen LogP contribution in [0.4, 0.5) is 15.8 Å². The number of nitrogens with one attached hydrogen (secondary N) is 2. The third kappa shape index (κ3) is 6.39. The number of nitrogens with zero attached hydrogens (tertiary/aromatic N) is 1. The summed E-state index contributed by atoms with van der Waals surface area (Å²) in [6.45, 7) is 1.69. The molecule has 7 nitrogen and oxygen atoms in total. The highest BCUT2D eigenvalue weighted by Gasteiger charge is 2.20. The molecule has 1 aliphatic heterocycles. The summed E-state index contributed by atoms with van der Waals surface area (Å²) in [7, 11) is -2.17. The van der Waals surface area contributed by atoms with E-state index in [2.05, 4.69) is 14.9 Å². The van der Waals surface area contributed by atoms with Crippen LogP contribution in [-0.2, 0) is 19.6 Å². The maximum atomic E-state index is 13.2. The molecule has 10 heteroatoms. The molecule has 0 aromatic heterocycles. The Morgan fingerprint density at radius 3 is 2.68 bits per heavy atom. The first-order chi connectivity index (χ1) is 14.8. The van der Waals surface area contributed by atoms with Crippen LogP contribution >= 0.6 is 11.6 Å². The number of rotatable bonds is 8. The first kappa shape index (κ1) is 23.5. The highest BCUT2D eigenvalue weighted by molar-refractivity contribution is 7.89. The molecule has 2 N–H and O–H groups in total. The number of hydrogen-bond donors (Lipinski definition) is 2. The molecular weight excluding hydrogens is 445 g/mol. The van der Waals surface area contributed by atoms with Crippen LogP contribution in [0.25, 0.3) is 0 Å². The van der Waals surface area contributed by atoms with Gasteiger partial charge in [0.1, 0.15) is 5.82 Å². The van der Waals surface area contributed by atoms with Gasteiger partial charge in [-0.3, -0.25) is 4.79 Å². The monoisotopic (exact) mass is 469 g/mol. The zero-order valence-electron chi connectivity index (χ0n) is 17.1. The summed E-state index contributed by atoms with van der Waals surface area (Å²) < 4.78 is 45.4. The Hall–Kier alpha value is -2.20. The molecule has 0 radical (unpaired) electrons. The van der Waals surface area contributed by atoms with Crippen molar-refractivity contribution in [1.82, 2.24) is 4.72 Å². The third-order valence-corrected chi connectivity index (χ3v) is 6.82. The molecule has 1 fully saturated rings. The quantitative estimate of drug-likeness (QED) is 0.618. The number of hydrogen-bond acceptors (Lipinski definition) is 5. The number of carbonyl (C=O) groups excluding carboxylic acids is 1. The second-order valence-corrected chi connectivity index (χ2v) is 9.44. The van der Waals surface area contributed by atoms with Crippen molar-refractivity contribution in [2.45, 2.75) is 30.3 Å². The maximum absolute atomic E-state index is 13.2. The second-order valence-electron chi connectivity index (χ2n) is 7.26. The van der Waals surface area contributed by atoms with Crippen molar-refractivity contribution in [3.05, 3.63) is 53.3 Å². The van der Waals surface area contributed by atoms with Crippen LogP contribution in [0.1, 0.15) is 19.3 Å². The number of carbonyl (C=O) groups is 1. The Kier molecular flexibility index (Phi) is 7.88. The molecule has 2 aromatic rings. The maximum Gasteiger partial charge on any atom is 0.240 e. The molecule has 1 unspecified atom stereocenters. The van der Waals surface area contributed by atoms with Crippen molar-refractivity contribution in [2.75, 3.05) is 37.0 Å². The van der Waals surface area contributed by atoms with Crippen molar-refractivity contribution in [1.29, 1.82) is 0 Å². The van der Waals surface area contributed by atoms with Gasteiger partial charge in [-0.2, -0.15) is 0 Å². The van der Waals surface area contributed by atoms with E-state index >= 15 is 0 Å².